The summed E-state index contributed by atoms with van der Waals surface area (Å²) in [5.41, 5.74) is -0.533. The highest BCUT2D eigenvalue weighted by Gasteiger charge is 2.29. The maximum absolute atomic E-state index is 13.5. The van der Waals surface area contributed by atoms with Crippen LogP contribution in [0, 0.1) is 0 Å². The van der Waals surface area contributed by atoms with E-state index in [0.29, 0.717) is 0 Å². The summed E-state index contributed by atoms with van der Waals surface area (Å²) in [5.74, 6) is 0. The van der Waals surface area contributed by atoms with E-state index in [4.69, 9.17) is 4.52 Å². The summed E-state index contributed by atoms with van der Waals surface area (Å²) in [6, 6.07) is 0. The lowest BCUT2D eigenvalue weighted by atomic mass is 10.1. The summed E-state index contributed by atoms with van der Waals surface area (Å²) in [4.78, 5) is 0. The van der Waals surface area contributed by atoms with E-state index in [2.05, 4.69) is 6.92 Å². The zero-order valence-electron chi connectivity index (χ0n) is 11.7. The van der Waals surface area contributed by atoms with Crippen LogP contribution in [0.3, 0.4) is 0 Å². The van der Waals surface area contributed by atoms with Gasteiger partial charge in [0, 0.05) is 0 Å². The minimum absolute atomic E-state index is 0.237. The number of rotatable bonds is 10. The van der Waals surface area contributed by atoms with E-state index in [1.54, 1.807) is 20.8 Å². The Morgan fingerprint density at radius 2 is 1.59 bits per heavy atom. The Hall–Kier alpha value is 0.120. The van der Waals surface area contributed by atoms with Crippen molar-refractivity contribution in [1.29, 1.82) is 0 Å². The molecule has 2 unspecified atom stereocenters. The van der Waals surface area contributed by atoms with Crippen LogP contribution in [0.5, 0.6) is 0 Å². The average molecular weight is 266 g/mol. The van der Waals surface area contributed by atoms with Crippen molar-refractivity contribution in [2.24, 2.45) is 0 Å². The summed E-state index contributed by atoms with van der Waals surface area (Å²) in [6.07, 6.45) is 7.80. The lowest BCUT2D eigenvalue weighted by Crippen LogP contribution is -2.08. The van der Waals surface area contributed by atoms with Gasteiger partial charge in [-0.3, -0.25) is 4.57 Å². The number of unbranched alkanes of at least 4 members (excludes halogenated alkanes) is 5. The molecule has 0 aliphatic rings. The van der Waals surface area contributed by atoms with Crippen molar-refractivity contribution in [1.82, 2.24) is 0 Å². The van der Waals surface area contributed by atoms with Gasteiger partial charge < -0.3 is 4.52 Å². The van der Waals surface area contributed by atoms with Gasteiger partial charge in [0.15, 0.2) is 0 Å². The van der Waals surface area contributed by atoms with E-state index in [0.717, 1.165) is 19.3 Å². The van der Waals surface area contributed by atoms with Crippen molar-refractivity contribution in [2.45, 2.75) is 84.4 Å². The van der Waals surface area contributed by atoms with Crippen LogP contribution in [-0.4, -0.2) is 11.8 Å². The van der Waals surface area contributed by atoms with Gasteiger partial charge in [-0.2, -0.15) is 4.20 Å². The van der Waals surface area contributed by atoms with E-state index in [1.807, 2.05) is 0 Å². The summed E-state index contributed by atoms with van der Waals surface area (Å²) < 4.78 is 29.9. The predicted molar refractivity (Wildman–Crippen MR) is 72.4 cm³/mol. The second kappa shape index (κ2) is 9.10. The predicted octanol–water partition coefficient (Wildman–Crippen LogP) is 5.71. The standard InChI is InChI=1S/C13H28FO2P/c1-5-6-7-8-9-10-11-13(4)16-17(14,15)12(2)3/h12-13H,5-11H2,1-4H3. The van der Waals surface area contributed by atoms with E-state index in [-0.39, 0.29) is 6.10 Å². The van der Waals surface area contributed by atoms with E-state index >= 15 is 0 Å². The molecule has 0 spiro atoms. The summed E-state index contributed by atoms with van der Waals surface area (Å²) in [5, 5.41) is 0. The summed E-state index contributed by atoms with van der Waals surface area (Å²) in [7, 11) is -3.89. The Kier molecular flexibility index (Phi) is 9.17. The fraction of sp³-hybridized carbons (Fsp3) is 1.00. The first kappa shape index (κ1) is 17.1. The molecule has 4 heteroatoms. The Morgan fingerprint density at radius 1 is 1.06 bits per heavy atom. The molecule has 104 valence electrons. The van der Waals surface area contributed by atoms with Crippen molar-refractivity contribution in [2.75, 3.05) is 0 Å². The maximum atomic E-state index is 13.5. The van der Waals surface area contributed by atoms with Crippen molar-refractivity contribution in [3.63, 3.8) is 0 Å². The van der Waals surface area contributed by atoms with Crippen LogP contribution in [0.4, 0.5) is 4.20 Å². The highest BCUT2D eigenvalue weighted by atomic mass is 31.2. The van der Waals surface area contributed by atoms with E-state index in [9.17, 15) is 8.76 Å². The highest BCUT2D eigenvalue weighted by molar-refractivity contribution is 7.54. The number of halogens is 1. The monoisotopic (exact) mass is 266 g/mol. The summed E-state index contributed by atoms with van der Waals surface area (Å²) >= 11 is 0. The van der Waals surface area contributed by atoms with Crippen molar-refractivity contribution < 1.29 is 13.3 Å². The minimum Gasteiger partial charge on any atom is -0.302 e. The Bertz CT molecular complexity index is 231. The molecule has 0 bridgehead atoms. The topological polar surface area (TPSA) is 26.3 Å². The van der Waals surface area contributed by atoms with Crippen LogP contribution < -0.4 is 0 Å². The molecular formula is C13H28FO2P. The molecule has 0 heterocycles. The Labute approximate surface area is 106 Å². The molecule has 0 saturated carbocycles. The SMILES string of the molecule is CCCCCCCCC(C)OP(=O)(F)C(C)C. The van der Waals surface area contributed by atoms with Gasteiger partial charge in [-0.25, -0.2) is 0 Å². The molecule has 0 aromatic rings. The summed E-state index contributed by atoms with van der Waals surface area (Å²) in [6.45, 7) is 7.19. The minimum atomic E-state index is -3.89. The third-order valence-corrected chi connectivity index (χ3v) is 4.79. The fourth-order valence-corrected chi connectivity index (χ4v) is 2.47. The van der Waals surface area contributed by atoms with Gasteiger partial charge in [-0.1, -0.05) is 59.3 Å². The van der Waals surface area contributed by atoms with Gasteiger partial charge in [0.1, 0.15) is 0 Å². The molecule has 0 aliphatic heterocycles. The molecule has 0 amide bonds. The molecule has 0 fully saturated rings. The van der Waals surface area contributed by atoms with Gasteiger partial charge in [0.05, 0.1) is 11.8 Å². The second-order valence-electron chi connectivity index (χ2n) is 5.09. The van der Waals surface area contributed by atoms with Gasteiger partial charge in [-0.15, -0.1) is 0 Å². The lowest BCUT2D eigenvalue weighted by molar-refractivity contribution is 0.189. The normalized spacial score (nSPS) is 17.1. The quantitative estimate of drug-likeness (QED) is 0.374. The van der Waals surface area contributed by atoms with Gasteiger partial charge in [-0.05, 0) is 13.3 Å². The van der Waals surface area contributed by atoms with E-state index < -0.39 is 13.3 Å². The number of hydrogen-bond donors (Lipinski definition) is 0. The van der Waals surface area contributed by atoms with Crippen LogP contribution >= 0.6 is 7.68 Å². The van der Waals surface area contributed by atoms with Crippen LogP contribution in [0.1, 0.15) is 72.6 Å². The second-order valence-corrected chi connectivity index (χ2v) is 7.37. The van der Waals surface area contributed by atoms with Crippen molar-refractivity contribution in [3.8, 4) is 0 Å². The molecule has 2 atom stereocenters. The van der Waals surface area contributed by atoms with Gasteiger partial charge in [0.25, 0.3) is 0 Å². The van der Waals surface area contributed by atoms with Crippen LogP contribution in [0.15, 0.2) is 0 Å². The third kappa shape index (κ3) is 8.79. The molecule has 0 saturated heterocycles. The molecule has 2 nitrogen and oxygen atoms in total. The van der Waals surface area contributed by atoms with Crippen LogP contribution in [-0.2, 0) is 9.09 Å². The molecule has 0 aliphatic carbocycles. The number of hydrogen-bond acceptors (Lipinski definition) is 2. The zero-order chi connectivity index (χ0) is 13.3. The first-order chi connectivity index (χ1) is 7.90. The Balaban J connectivity index is 3.60. The maximum Gasteiger partial charge on any atom is 0.370 e. The lowest BCUT2D eigenvalue weighted by Gasteiger charge is -2.18. The van der Waals surface area contributed by atoms with Crippen molar-refractivity contribution in [3.05, 3.63) is 0 Å². The fourth-order valence-electron chi connectivity index (χ4n) is 1.63. The molecule has 0 N–H and O–H groups in total. The molecule has 0 aromatic heterocycles. The zero-order valence-corrected chi connectivity index (χ0v) is 12.6. The first-order valence-electron chi connectivity index (χ1n) is 6.88. The average Bonchev–Trinajstić information content (AvgIpc) is 2.22. The molecule has 0 radical (unpaired) electrons. The molecular weight excluding hydrogens is 238 g/mol. The molecule has 0 aromatic carbocycles. The van der Waals surface area contributed by atoms with Crippen LogP contribution in [0.2, 0.25) is 0 Å². The molecule has 0 rings (SSSR count). The van der Waals surface area contributed by atoms with Crippen molar-refractivity contribution >= 4 is 7.68 Å². The third-order valence-electron chi connectivity index (χ3n) is 2.90. The van der Waals surface area contributed by atoms with Gasteiger partial charge >= 0.3 is 7.68 Å². The molecule has 17 heavy (non-hydrogen) atoms. The largest absolute Gasteiger partial charge is 0.370 e. The van der Waals surface area contributed by atoms with E-state index in [1.165, 1.54) is 25.7 Å². The highest BCUT2D eigenvalue weighted by Crippen LogP contribution is 2.54. The Morgan fingerprint density at radius 3 is 2.12 bits per heavy atom. The van der Waals surface area contributed by atoms with Crippen LogP contribution in [0.25, 0.3) is 0 Å². The smallest absolute Gasteiger partial charge is 0.302 e. The van der Waals surface area contributed by atoms with Gasteiger partial charge in [0.2, 0.25) is 0 Å². The first-order valence-corrected chi connectivity index (χ1v) is 8.46.